The van der Waals surface area contributed by atoms with Gasteiger partial charge in [0.15, 0.2) is 21.5 Å². The van der Waals surface area contributed by atoms with Crippen molar-refractivity contribution in [2.24, 2.45) is 0 Å². The summed E-state index contributed by atoms with van der Waals surface area (Å²) in [5, 5.41) is 12.3. The molecule has 0 bridgehead atoms. The average Bonchev–Trinajstić information content (AvgIpc) is 2.72. The molecule has 0 aliphatic carbocycles. The summed E-state index contributed by atoms with van der Waals surface area (Å²) >= 11 is 0. The van der Waals surface area contributed by atoms with Crippen molar-refractivity contribution in [1.82, 2.24) is 5.32 Å². The van der Waals surface area contributed by atoms with Crippen molar-refractivity contribution in [3.63, 3.8) is 0 Å². The van der Waals surface area contributed by atoms with E-state index in [4.69, 9.17) is 0 Å². The fraction of sp³-hybridized carbons (Fsp3) is 0.538. The number of aliphatic hydroxyl groups is 1. The summed E-state index contributed by atoms with van der Waals surface area (Å²) in [5.74, 6) is -1.77. The lowest BCUT2D eigenvalue weighted by atomic mass is 10.1. The molecule has 0 amide bonds. The van der Waals surface area contributed by atoms with Crippen molar-refractivity contribution in [2.75, 3.05) is 18.8 Å². The highest BCUT2D eigenvalue weighted by Crippen LogP contribution is 2.20. The van der Waals surface area contributed by atoms with Gasteiger partial charge in [0, 0.05) is 13.1 Å². The van der Waals surface area contributed by atoms with Crippen LogP contribution in [-0.4, -0.2) is 37.6 Å². The lowest BCUT2D eigenvalue weighted by molar-refractivity contribution is 0.174. The van der Waals surface area contributed by atoms with E-state index in [-0.39, 0.29) is 24.4 Å². The highest BCUT2D eigenvalue weighted by Gasteiger charge is 2.30. The van der Waals surface area contributed by atoms with Gasteiger partial charge in [-0.25, -0.2) is 17.2 Å². The minimum atomic E-state index is -3.02. The summed E-state index contributed by atoms with van der Waals surface area (Å²) in [6, 6.07) is 3.19. The number of aliphatic hydroxyl groups excluding tert-OH is 1. The molecule has 0 radical (unpaired) electrons. The topological polar surface area (TPSA) is 66.4 Å². The minimum Gasteiger partial charge on any atom is -0.387 e. The maximum Gasteiger partial charge on any atom is 0.159 e. The van der Waals surface area contributed by atoms with E-state index >= 15 is 0 Å². The first kappa shape index (κ1) is 15.3. The molecule has 1 heterocycles. The maximum absolute atomic E-state index is 13.0. The highest BCUT2D eigenvalue weighted by atomic mass is 32.2. The lowest BCUT2D eigenvalue weighted by Gasteiger charge is -2.15. The van der Waals surface area contributed by atoms with Crippen LogP contribution in [0.5, 0.6) is 0 Å². The molecular weight excluding hydrogens is 288 g/mol. The number of sulfone groups is 1. The Morgan fingerprint density at radius 1 is 1.35 bits per heavy atom. The van der Waals surface area contributed by atoms with Gasteiger partial charge in [-0.1, -0.05) is 6.07 Å². The fourth-order valence-electron chi connectivity index (χ4n) is 2.31. The highest BCUT2D eigenvalue weighted by molar-refractivity contribution is 7.92. The Bertz CT molecular complexity index is 577. The van der Waals surface area contributed by atoms with Crippen LogP contribution in [0.2, 0.25) is 0 Å². The third-order valence-electron chi connectivity index (χ3n) is 3.50. The quantitative estimate of drug-likeness (QED) is 0.857. The Morgan fingerprint density at radius 2 is 2.10 bits per heavy atom. The summed E-state index contributed by atoms with van der Waals surface area (Å²) in [7, 11) is -3.02. The van der Waals surface area contributed by atoms with E-state index in [0.29, 0.717) is 12.8 Å². The average molecular weight is 305 g/mol. The van der Waals surface area contributed by atoms with E-state index in [9.17, 15) is 22.3 Å². The molecule has 2 rings (SSSR count). The minimum absolute atomic E-state index is 0.0943. The zero-order valence-corrected chi connectivity index (χ0v) is 11.7. The van der Waals surface area contributed by atoms with Crippen LogP contribution in [-0.2, 0) is 9.84 Å². The molecule has 20 heavy (non-hydrogen) atoms. The summed E-state index contributed by atoms with van der Waals surface area (Å²) < 4.78 is 49.0. The first-order valence-corrected chi connectivity index (χ1v) is 8.17. The smallest absolute Gasteiger partial charge is 0.159 e. The molecule has 4 nitrogen and oxygen atoms in total. The molecule has 1 aromatic rings. The monoisotopic (exact) mass is 305 g/mol. The Morgan fingerprint density at radius 3 is 2.70 bits per heavy atom. The van der Waals surface area contributed by atoms with Crippen LogP contribution >= 0.6 is 0 Å². The van der Waals surface area contributed by atoms with E-state index in [2.05, 4.69) is 5.32 Å². The van der Waals surface area contributed by atoms with Gasteiger partial charge in [0.2, 0.25) is 0 Å². The molecule has 0 spiro atoms. The Labute approximate surface area is 116 Å². The molecule has 0 aromatic heterocycles. The van der Waals surface area contributed by atoms with E-state index in [1.165, 1.54) is 6.07 Å². The fourth-order valence-corrected chi connectivity index (χ4v) is 4.11. The molecule has 2 N–H and O–H groups in total. The zero-order valence-electron chi connectivity index (χ0n) is 10.9. The maximum atomic E-state index is 13.0. The Kier molecular flexibility index (Phi) is 4.72. The first-order chi connectivity index (χ1) is 9.40. The number of rotatable bonds is 5. The lowest BCUT2D eigenvalue weighted by Crippen LogP contribution is -2.33. The molecule has 1 aliphatic rings. The SMILES string of the molecule is O=S1(=O)CCCC1CNCC(O)c1ccc(F)c(F)c1. The van der Waals surface area contributed by atoms with E-state index in [1.807, 2.05) is 0 Å². The summed E-state index contributed by atoms with van der Waals surface area (Å²) in [6.07, 6.45) is 0.283. The second kappa shape index (κ2) is 6.15. The molecule has 2 atom stereocenters. The molecule has 2 unspecified atom stereocenters. The third kappa shape index (κ3) is 3.53. The van der Waals surface area contributed by atoms with Crippen molar-refractivity contribution in [1.29, 1.82) is 0 Å². The largest absolute Gasteiger partial charge is 0.387 e. The second-order valence-electron chi connectivity index (χ2n) is 4.98. The van der Waals surface area contributed by atoms with Crippen LogP contribution in [0.15, 0.2) is 18.2 Å². The van der Waals surface area contributed by atoms with Gasteiger partial charge in [-0.3, -0.25) is 0 Å². The van der Waals surface area contributed by atoms with Crippen molar-refractivity contribution in [2.45, 2.75) is 24.2 Å². The van der Waals surface area contributed by atoms with Gasteiger partial charge in [-0.2, -0.15) is 0 Å². The van der Waals surface area contributed by atoms with Gasteiger partial charge in [0.05, 0.1) is 17.1 Å². The van der Waals surface area contributed by atoms with Gasteiger partial charge in [-0.15, -0.1) is 0 Å². The summed E-state index contributed by atoms with van der Waals surface area (Å²) in [6.45, 7) is 0.361. The summed E-state index contributed by atoms with van der Waals surface area (Å²) in [4.78, 5) is 0. The van der Waals surface area contributed by atoms with Gasteiger partial charge in [0.1, 0.15) is 0 Å². The predicted molar refractivity (Wildman–Crippen MR) is 71.0 cm³/mol. The predicted octanol–water partition coefficient (Wildman–Crippen LogP) is 1.16. The first-order valence-electron chi connectivity index (χ1n) is 6.45. The van der Waals surface area contributed by atoms with Gasteiger partial charge in [0.25, 0.3) is 0 Å². The van der Waals surface area contributed by atoms with Crippen molar-refractivity contribution in [3.05, 3.63) is 35.4 Å². The molecule has 7 heteroatoms. The van der Waals surface area contributed by atoms with E-state index in [1.54, 1.807) is 0 Å². The molecule has 112 valence electrons. The molecular formula is C13H17F2NO3S. The molecule has 1 aliphatic heterocycles. The molecule has 0 saturated carbocycles. The number of benzene rings is 1. The van der Waals surface area contributed by atoms with Crippen molar-refractivity contribution < 1.29 is 22.3 Å². The van der Waals surface area contributed by atoms with Crippen LogP contribution in [0.3, 0.4) is 0 Å². The molecule has 1 aromatic carbocycles. The standard InChI is InChI=1S/C13H17F2NO3S/c14-11-4-3-9(6-12(11)15)13(17)8-16-7-10-2-1-5-20(10,18)19/h3-4,6,10,13,16-17H,1-2,5,7-8H2. The number of halogens is 2. The Hall–Kier alpha value is -1.05. The van der Waals surface area contributed by atoms with Crippen LogP contribution in [0.1, 0.15) is 24.5 Å². The summed E-state index contributed by atoms with van der Waals surface area (Å²) in [5.41, 5.74) is 0.255. The van der Waals surface area contributed by atoms with Crippen LogP contribution in [0.25, 0.3) is 0 Å². The number of nitrogens with one attached hydrogen (secondary N) is 1. The number of hydrogen-bond donors (Lipinski definition) is 2. The van der Waals surface area contributed by atoms with Gasteiger partial charge in [-0.05, 0) is 30.5 Å². The van der Waals surface area contributed by atoms with Gasteiger partial charge < -0.3 is 10.4 Å². The normalized spacial score (nSPS) is 22.9. The zero-order chi connectivity index (χ0) is 14.8. The van der Waals surface area contributed by atoms with Crippen molar-refractivity contribution in [3.8, 4) is 0 Å². The molecule has 1 fully saturated rings. The van der Waals surface area contributed by atoms with Crippen LogP contribution in [0, 0.1) is 11.6 Å². The van der Waals surface area contributed by atoms with Gasteiger partial charge >= 0.3 is 0 Å². The van der Waals surface area contributed by atoms with Crippen LogP contribution < -0.4 is 5.32 Å². The third-order valence-corrected chi connectivity index (χ3v) is 5.78. The Balaban J connectivity index is 1.86. The second-order valence-corrected chi connectivity index (χ2v) is 7.38. The van der Waals surface area contributed by atoms with Crippen molar-refractivity contribution >= 4 is 9.84 Å². The van der Waals surface area contributed by atoms with E-state index in [0.717, 1.165) is 12.1 Å². The number of hydrogen-bond acceptors (Lipinski definition) is 4. The van der Waals surface area contributed by atoms with E-state index < -0.39 is 32.8 Å². The van der Waals surface area contributed by atoms with Crippen LogP contribution in [0.4, 0.5) is 8.78 Å². The molecule has 1 saturated heterocycles.